The Kier molecular flexibility index (Phi) is 5.00. The Morgan fingerprint density at radius 3 is 2.67 bits per heavy atom. The van der Waals surface area contributed by atoms with Crippen molar-refractivity contribution in [2.75, 3.05) is 18.0 Å². The van der Waals surface area contributed by atoms with E-state index in [-0.39, 0.29) is 11.0 Å². The van der Waals surface area contributed by atoms with E-state index in [1.165, 1.54) is 17.5 Å². The molecule has 1 fully saturated rings. The van der Waals surface area contributed by atoms with Gasteiger partial charge in [0.2, 0.25) is 0 Å². The van der Waals surface area contributed by atoms with Crippen LogP contribution in [0.4, 0.5) is 5.69 Å². The van der Waals surface area contributed by atoms with Crippen molar-refractivity contribution in [3.8, 4) is 6.07 Å². The summed E-state index contributed by atoms with van der Waals surface area (Å²) in [5.74, 6) is 0. The van der Waals surface area contributed by atoms with Crippen LogP contribution in [0.5, 0.6) is 0 Å². The van der Waals surface area contributed by atoms with Crippen molar-refractivity contribution in [3.63, 3.8) is 0 Å². The fraction of sp³-hybridized carbons (Fsp3) is 0.688. The van der Waals surface area contributed by atoms with Gasteiger partial charge in [0.05, 0.1) is 23.4 Å². The van der Waals surface area contributed by atoms with Crippen LogP contribution >= 0.6 is 0 Å². The molecule has 1 saturated heterocycles. The minimum absolute atomic E-state index is 0.0288. The van der Waals surface area contributed by atoms with E-state index in [0.717, 1.165) is 38.0 Å². The quantitative estimate of drug-likeness (QED) is 0.755. The summed E-state index contributed by atoms with van der Waals surface area (Å²) in [6.07, 6.45) is 6.84. The molecule has 1 aliphatic heterocycles. The Morgan fingerprint density at radius 1 is 1.33 bits per heavy atom. The van der Waals surface area contributed by atoms with Crippen molar-refractivity contribution in [3.05, 3.63) is 22.6 Å². The lowest BCUT2D eigenvalue weighted by atomic mass is 9.89. The molecular formula is C16H24N4O. The van der Waals surface area contributed by atoms with Crippen LogP contribution in [0.1, 0.15) is 46.0 Å². The first-order valence-electron chi connectivity index (χ1n) is 7.75. The summed E-state index contributed by atoms with van der Waals surface area (Å²) in [5.41, 5.74) is 0.635. The van der Waals surface area contributed by atoms with Crippen LogP contribution in [0.15, 0.2) is 17.1 Å². The number of nitrogens with zero attached hydrogens (tertiary/aromatic N) is 4. The molecule has 0 amide bonds. The van der Waals surface area contributed by atoms with Gasteiger partial charge in [0.15, 0.2) is 0 Å². The monoisotopic (exact) mass is 288 g/mol. The minimum atomic E-state index is -0.280. The Bertz CT molecular complexity index is 564. The molecule has 0 radical (unpaired) electrons. The molecule has 0 saturated carbocycles. The highest BCUT2D eigenvalue weighted by Gasteiger charge is 2.16. The zero-order valence-corrected chi connectivity index (χ0v) is 13.0. The van der Waals surface area contributed by atoms with Gasteiger partial charge in [0.25, 0.3) is 5.56 Å². The van der Waals surface area contributed by atoms with Crippen molar-refractivity contribution < 1.29 is 0 Å². The van der Waals surface area contributed by atoms with Crippen LogP contribution in [0.25, 0.3) is 0 Å². The van der Waals surface area contributed by atoms with E-state index in [1.54, 1.807) is 12.3 Å². The molecule has 114 valence electrons. The first-order valence-corrected chi connectivity index (χ1v) is 7.75. The van der Waals surface area contributed by atoms with E-state index >= 15 is 0 Å². The second kappa shape index (κ2) is 6.75. The average Bonchev–Trinajstić information content (AvgIpc) is 2.99. The van der Waals surface area contributed by atoms with Crippen LogP contribution in [-0.4, -0.2) is 22.9 Å². The summed E-state index contributed by atoms with van der Waals surface area (Å²) in [4.78, 5) is 14.3. The van der Waals surface area contributed by atoms with E-state index in [0.29, 0.717) is 6.54 Å². The van der Waals surface area contributed by atoms with Gasteiger partial charge >= 0.3 is 0 Å². The maximum absolute atomic E-state index is 12.1. The first-order chi connectivity index (χ1) is 10.0. The Hall–Kier alpha value is -1.83. The standard InChI is InChI=1S/C16H24N4O/c1-16(2,13-17)7-3-4-10-20-15(21)11-14(12-18-20)19-8-5-6-9-19/h11-12H,3-10H2,1-2H3. The molecule has 2 rings (SSSR count). The molecule has 0 unspecified atom stereocenters. The number of hydrogen-bond acceptors (Lipinski definition) is 4. The first kappa shape index (κ1) is 15.6. The molecule has 1 aromatic heterocycles. The van der Waals surface area contributed by atoms with Gasteiger partial charge in [-0.1, -0.05) is 6.42 Å². The molecule has 5 nitrogen and oxygen atoms in total. The molecular weight excluding hydrogens is 264 g/mol. The smallest absolute Gasteiger partial charge is 0.268 e. The topological polar surface area (TPSA) is 61.9 Å². The molecule has 0 atom stereocenters. The largest absolute Gasteiger partial charge is 0.370 e. The second-order valence-corrected chi connectivity index (χ2v) is 6.42. The Morgan fingerprint density at radius 2 is 2.05 bits per heavy atom. The number of nitriles is 1. The Balaban J connectivity index is 1.87. The SMILES string of the molecule is CC(C)(C#N)CCCCn1ncc(N2CCCC2)cc1=O. The average molecular weight is 288 g/mol. The molecule has 5 heteroatoms. The zero-order valence-electron chi connectivity index (χ0n) is 13.0. The minimum Gasteiger partial charge on any atom is -0.370 e. The predicted molar refractivity (Wildman–Crippen MR) is 83.2 cm³/mol. The fourth-order valence-corrected chi connectivity index (χ4v) is 2.62. The number of rotatable bonds is 6. The van der Waals surface area contributed by atoms with Crippen molar-refractivity contribution in [2.45, 2.75) is 52.5 Å². The van der Waals surface area contributed by atoms with Gasteiger partial charge in [-0.3, -0.25) is 4.79 Å². The van der Waals surface area contributed by atoms with Crippen LogP contribution in [-0.2, 0) is 6.54 Å². The van der Waals surface area contributed by atoms with Gasteiger partial charge in [0, 0.05) is 25.7 Å². The van der Waals surface area contributed by atoms with Gasteiger partial charge in [-0.05, 0) is 39.5 Å². The number of anilines is 1. The van der Waals surface area contributed by atoms with Crippen LogP contribution < -0.4 is 10.5 Å². The third-order valence-corrected chi connectivity index (χ3v) is 4.05. The van der Waals surface area contributed by atoms with E-state index in [2.05, 4.69) is 16.1 Å². The molecule has 0 aliphatic carbocycles. The van der Waals surface area contributed by atoms with Crippen LogP contribution in [0, 0.1) is 16.7 Å². The normalized spacial score (nSPS) is 15.2. The highest BCUT2D eigenvalue weighted by molar-refractivity contribution is 5.43. The molecule has 21 heavy (non-hydrogen) atoms. The number of aryl methyl sites for hydroxylation is 1. The highest BCUT2D eigenvalue weighted by atomic mass is 16.1. The lowest BCUT2D eigenvalue weighted by molar-refractivity contribution is 0.408. The number of aromatic nitrogens is 2. The number of hydrogen-bond donors (Lipinski definition) is 0. The van der Waals surface area contributed by atoms with Crippen molar-refractivity contribution in [1.29, 1.82) is 5.26 Å². The van der Waals surface area contributed by atoms with Crippen LogP contribution in [0.2, 0.25) is 0 Å². The van der Waals surface area contributed by atoms with E-state index in [4.69, 9.17) is 5.26 Å². The molecule has 0 N–H and O–H groups in total. The zero-order chi connectivity index (χ0) is 15.3. The van der Waals surface area contributed by atoms with Gasteiger partial charge in [-0.15, -0.1) is 0 Å². The summed E-state index contributed by atoms with van der Waals surface area (Å²) >= 11 is 0. The Labute approximate surface area is 126 Å². The maximum Gasteiger partial charge on any atom is 0.268 e. The van der Waals surface area contributed by atoms with Gasteiger partial charge in [0.1, 0.15) is 0 Å². The molecule has 0 bridgehead atoms. The van der Waals surface area contributed by atoms with Crippen molar-refractivity contribution in [1.82, 2.24) is 9.78 Å². The van der Waals surface area contributed by atoms with E-state index < -0.39 is 0 Å². The lowest BCUT2D eigenvalue weighted by Gasteiger charge is -2.17. The predicted octanol–water partition coefficient (Wildman–Crippen LogP) is 2.56. The highest BCUT2D eigenvalue weighted by Crippen LogP contribution is 2.21. The van der Waals surface area contributed by atoms with Gasteiger partial charge in [-0.2, -0.15) is 10.4 Å². The van der Waals surface area contributed by atoms with Crippen LogP contribution in [0.3, 0.4) is 0 Å². The van der Waals surface area contributed by atoms with E-state index in [9.17, 15) is 4.79 Å². The lowest BCUT2D eigenvalue weighted by Crippen LogP contribution is -2.26. The second-order valence-electron chi connectivity index (χ2n) is 6.42. The fourth-order valence-electron chi connectivity index (χ4n) is 2.62. The molecule has 0 aromatic carbocycles. The molecule has 0 spiro atoms. The summed E-state index contributed by atoms with van der Waals surface area (Å²) < 4.78 is 1.53. The summed E-state index contributed by atoms with van der Waals surface area (Å²) in [6.45, 7) is 6.56. The van der Waals surface area contributed by atoms with Crippen molar-refractivity contribution >= 4 is 5.69 Å². The maximum atomic E-state index is 12.1. The third kappa shape index (κ3) is 4.32. The van der Waals surface area contributed by atoms with E-state index in [1.807, 2.05) is 13.8 Å². The summed E-state index contributed by atoms with van der Waals surface area (Å²) in [7, 11) is 0. The molecule has 2 heterocycles. The molecule has 1 aliphatic rings. The van der Waals surface area contributed by atoms with Gasteiger partial charge < -0.3 is 4.90 Å². The van der Waals surface area contributed by atoms with Crippen molar-refractivity contribution in [2.24, 2.45) is 5.41 Å². The summed E-state index contributed by atoms with van der Waals surface area (Å²) in [6, 6.07) is 3.99. The molecule has 1 aromatic rings. The van der Waals surface area contributed by atoms with Gasteiger partial charge in [-0.25, -0.2) is 4.68 Å². The number of unbranched alkanes of at least 4 members (excludes halogenated alkanes) is 1. The summed E-state index contributed by atoms with van der Waals surface area (Å²) in [5, 5.41) is 13.2. The third-order valence-electron chi connectivity index (χ3n) is 4.05.